The molecular formula is C8H6F3NO2. The molecule has 76 valence electrons. The second kappa shape index (κ2) is 3.65. The molecule has 1 rings (SSSR count). The van der Waals surface area contributed by atoms with Gasteiger partial charge >= 0.3 is 5.97 Å². The summed E-state index contributed by atoms with van der Waals surface area (Å²) in [5.41, 5.74) is -2.05. The van der Waals surface area contributed by atoms with E-state index in [1.54, 1.807) is 0 Å². The van der Waals surface area contributed by atoms with E-state index in [2.05, 4.69) is 4.98 Å². The van der Waals surface area contributed by atoms with Gasteiger partial charge in [-0.15, -0.1) is 0 Å². The number of carboxylic acids is 1. The van der Waals surface area contributed by atoms with Crippen molar-refractivity contribution in [1.29, 1.82) is 0 Å². The largest absolute Gasteiger partial charge is 0.476 e. The van der Waals surface area contributed by atoms with Crippen LogP contribution in [0.15, 0.2) is 6.20 Å². The maximum absolute atomic E-state index is 12.8. The van der Waals surface area contributed by atoms with E-state index in [1.807, 2.05) is 0 Å². The predicted octanol–water partition coefficient (Wildman–Crippen LogP) is 2.16. The molecule has 0 fully saturated rings. The molecule has 1 heterocycles. The van der Waals surface area contributed by atoms with Crippen LogP contribution in [0.25, 0.3) is 0 Å². The zero-order valence-electron chi connectivity index (χ0n) is 7.09. The van der Waals surface area contributed by atoms with E-state index in [0.717, 1.165) is 6.92 Å². The van der Waals surface area contributed by atoms with Gasteiger partial charge in [-0.3, -0.25) is 0 Å². The van der Waals surface area contributed by atoms with Crippen molar-refractivity contribution >= 4 is 5.97 Å². The topological polar surface area (TPSA) is 50.2 Å². The minimum Gasteiger partial charge on any atom is -0.476 e. The van der Waals surface area contributed by atoms with Gasteiger partial charge in [0.2, 0.25) is 0 Å². The Kier molecular flexibility index (Phi) is 2.73. The van der Waals surface area contributed by atoms with E-state index in [1.165, 1.54) is 0 Å². The van der Waals surface area contributed by atoms with Crippen molar-refractivity contribution in [3.05, 3.63) is 28.8 Å². The Balaban J connectivity index is 3.45. The smallest absolute Gasteiger partial charge is 0.355 e. The molecule has 0 bridgehead atoms. The number of pyridine rings is 1. The Labute approximate surface area is 77.2 Å². The summed E-state index contributed by atoms with van der Waals surface area (Å²) in [6, 6.07) is 0. The van der Waals surface area contributed by atoms with E-state index in [4.69, 9.17) is 5.11 Å². The molecule has 14 heavy (non-hydrogen) atoms. The van der Waals surface area contributed by atoms with Crippen LogP contribution in [-0.2, 0) is 0 Å². The fraction of sp³-hybridized carbons (Fsp3) is 0.250. The average molecular weight is 205 g/mol. The minimum atomic E-state index is -3.05. The molecule has 1 aromatic rings. The van der Waals surface area contributed by atoms with Crippen LogP contribution in [-0.4, -0.2) is 16.1 Å². The Bertz CT molecular complexity index is 379. The lowest BCUT2D eigenvalue weighted by molar-refractivity contribution is 0.0676. The molecule has 0 aromatic carbocycles. The lowest BCUT2D eigenvalue weighted by Crippen LogP contribution is -2.09. The number of carbonyl (C=O) groups is 1. The monoisotopic (exact) mass is 205 g/mol. The van der Waals surface area contributed by atoms with Gasteiger partial charge in [0, 0.05) is 0 Å². The van der Waals surface area contributed by atoms with E-state index in [-0.39, 0.29) is 5.56 Å². The van der Waals surface area contributed by atoms with Gasteiger partial charge in [-0.25, -0.2) is 22.9 Å². The van der Waals surface area contributed by atoms with Gasteiger partial charge in [-0.1, -0.05) is 0 Å². The van der Waals surface area contributed by atoms with Crippen LogP contribution in [0.2, 0.25) is 0 Å². The lowest BCUT2D eigenvalue weighted by atomic mass is 10.1. The molecule has 1 N–H and O–H groups in total. The molecule has 6 heteroatoms. The highest BCUT2D eigenvalue weighted by atomic mass is 19.3. The van der Waals surface area contributed by atoms with E-state index < -0.39 is 29.5 Å². The summed E-state index contributed by atoms with van der Waals surface area (Å²) >= 11 is 0. The summed E-state index contributed by atoms with van der Waals surface area (Å²) in [7, 11) is 0. The third-order valence-electron chi connectivity index (χ3n) is 1.75. The number of alkyl halides is 2. The summed E-state index contributed by atoms with van der Waals surface area (Å²) in [4.78, 5) is 13.6. The summed E-state index contributed by atoms with van der Waals surface area (Å²) in [6.45, 7) is 1.09. The fourth-order valence-corrected chi connectivity index (χ4v) is 1.03. The van der Waals surface area contributed by atoms with E-state index in [0.29, 0.717) is 6.20 Å². The van der Waals surface area contributed by atoms with Crippen molar-refractivity contribution in [2.45, 2.75) is 13.3 Å². The fourth-order valence-electron chi connectivity index (χ4n) is 1.03. The highest BCUT2D eigenvalue weighted by Crippen LogP contribution is 2.26. The summed E-state index contributed by atoms with van der Waals surface area (Å²) in [5.74, 6) is -2.53. The molecule has 0 spiro atoms. The zero-order chi connectivity index (χ0) is 10.9. The van der Waals surface area contributed by atoms with Crippen LogP contribution in [0.5, 0.6) is 0 Å². The number of hydrogen-bond donors (Lipinski definition) is 1. The maximum Gasteiger partial charge on any atom is 0.355 e. The highest BCUT2D eigenvalue weighted by Gasteiger charge is 2.23. The van der Waals surface area contributed by atoms with Crippen LogP contribution in [0.3, 0.4) is 0 Å². The van der Waals surface area contributed by atoms with E-state index in [9.17, 15) is 18.0 Å². The third kappa shape index (κ3) is 1.68. The summed E-state index contributed by atoms with van der Waals surface area (Å²) < 4.78 is 37.5. The van der Waals surface area contributed by atoms with Gasteiger partial charge in [0.05, 0.1) is 11.8 Å². The minimum absolute atomic E-state index is 0.382. The Morgan fingerprint density at radius 3 is 2.57 bits per heavy atom. The number of aromatic nitrogens is 1. The predicted molar refractivity (Wildman–Crippen MR) is 40.8 cm³/mol. The molecular weight excluding hydrogens is 199 g/mol. The second-order valence-corrected chi connectivity index (χ2v) is 2.60. The van der Waals surface area contributed by atoms with Crippen molar-refractivity contribution in [3.63, 3.8) is 0 Å². The van der Waals surface area contributed by atoms with Crippen molar-refractivity contribution in [3.8, 4) is 0 Å². The van der Waals surface area contributed by atoms with Crippen molar-refractivity contribution < 1.29 is 23.1 Å². The number of rotatable bonds is 2. The molecule has 0 saturated carbocycles. The molecule has 0 amide bonds. The van der Waals surface area contributed by atoms with Crippen LogP contribution in [0, 0.1) is 12.7 Å². The number of halogens is 3. The number of hydrogen-bond acceptors (Lipinski definition) is 2. The Morgan fingerprint density at radius 1 is 1.57 bits per heavy atom. The van der Waals surface area contributed by atoms with Crippen LogP contribution >= 0.6 is 0 Å². The average Bonchev–Trinajstić information content (AvgIpc) is 2.08. The first-order chi connectivity index (χ1) is 6.45. The number of nitrogens with zero attached hydrogens (tertiary/aromatic N) is 1. The quantitative estimate of drug-likeness (QED) is 0.804. The van der Waals surface area contributed by atoms with Crippen molar-refractivity contribution in [2.24, 2.45) is 0 Å². The molecule has 0 aliphatic carbocycles. The Hall–Kier alpha value is -1.59. The first-order valence-corrected chi connectivity index (χ1v) is 3.61. The van der Waals surface area contributed by atoms with Gasteiger partial charge in [0.15, 0.2) is 5.69 Å². The zero-order valence-corrected chi connectivity index (χ0v) is 7.09. The lowest BCUT2D eigenvalue weighted by Gasteiger charge is -2.07. The molecule has 3 nitrogen and oxygen atoms in total. The standard InChI is InChI=1S/C8H6F3NO2/c1-3-4(9)2-12-6(8(13)14)5(3)7(10)11/h2,7H,1H3,(H,13,14). The highest BCUT2D eigenvalue weighted by molar-refractivity contribution is 5.87. The second-order valence-electron chi connectivity index (χ2n) is 2.60. The number of carboxylic acid groups (broad SMARTS) is 1. The maximum atomic E-state index is 12.8. The number of aromatic carboxylic acids is 1. The van der Waals surface area contributed by atoms with Crippen molar-refractivity contribution in [2.75, 3.05) is 0 Å². The molecule has 0 radical (unpaired) electrons. The molecule has 1 aromatic heterocycles. The third-order valence-corrected chi connectivity index (χ3v) is 1.75. The first-order valence-electron chi connectivity index (χ1n) is 3.61. The van der Waals surface area contributed by atoms with Gasteiger partial charge in [-0.05, 0) is 12.5 Å². The summed E-state index contributed by atoms with van der Waals surface area (Å²) in [5, 5.41) is 8.51. The molecule has 0 atom stereocenters. The SMILES string of the molecule is Cc1c(F)cnc(C(=O)O)c1C(F)F. The molecule has 0 unspecified atom stereocenters. The van der Waals surface area contributed by atoms with Crippen LogP contribution < -0.4 is 0 Å². The van der Waals surface area contributed by atoms with E-state index >= 15 is 0 Å². The van der Waals surface area contributed by atoms with Gasteiger partial charge in [0.1, 0.15) is 5.82 Å². The molecule has 0 saturated heterocycles. The molecule has 0 aliphatic heterocycles. The van der Waals surface area contributed by atoms with Crippen molar-refractivity contribution in [1.82, 2.24) is 4.98 Å². The van der Waals surface area contributed by atoms with Crippen LogP contribution in [0.1, 0.15) is 28.0 Å². The van der Waals surface area contributed by atoms with Gasteiger partial charge in [0.25, 0.3) is 6.43 Å². The molecule has 0 aliphatic rings. The van der Waals surface area contributed by atoms with Gasteiger partial charge < -0.3 is 5.11 Å². The summed E-state index contributed by atoms with van der Waals surface area (Å²) in [6.07, 6.45) is -2.44. The van der Waals surface area contributed by atoms with Gasteiger partial charge in [-0.2, -0.15) is 0 Å². The normalized spacial score (nSPS) is 10.6. The first kappa shape index (κ1) is 10.5. The van der Waals surface area contributed by atoms with Crippen LogP contribution in [0.4, 0.5) is 13.2 Å². The Morgan fingerprint density at radius 2 is 2.14 bits per heavy atom.